The van der Waals surface area contributed by atoms with Gasteiger partial charge in [0.1, 0.15) is 6.04 Å². The lowest BCUT2D eigenvalue weighted by molar-refractivity contribution is -0.117. The molecule has 32 heavy (non-hydrogen) atoms. The molecule has 2 aromatic carbocycles. The van der Waals surface area contributed by atoms with Gasteiger partial charge in [0.25, 0.3) is 5.91 Å². The van der Waals surface area contributed by atoms with Crippen LogP contribution in [0.1, 0.15) is 30.1 Å². The molecule has 0 aromatic heterocycles. The summed E-state index contributed by atoms with van der Waals surface area (Å²) < 4.78 is 31.1. The monoisotopic (exact) mass is 481 g/mol. The molecular formula is C22H28ClN3O5S. The van der Waals surface area contributed by atoms with Gasteiger partial charge in [0.05, 0.1) is 23.2 Å². The van der Waals surface area contributed by atoms with E-state index in [4.69, 9.17) is 16.3 Å². The lowest BCUT2D eigenvalue weighted by Gasteiger charge is -2.30. The number of nitrogens with one attached hydrogen (secondary N) is 2. The quantitative estimate of drug-likeness (QED) is 0.479. The summed E-state index contributed by atoms with van der Waals surface area (Å²) >= 11 is 5.92. The molecular weight excluding hydrogens is 454 g/mol. The van der Waals surface area contributed by atoms with Crippen LogP contribution in [0.2, 0.25) is 5.02 Å². The van der Waals surface area contributed by atoms with Gasteiger partial charge in [-0.2, -0.15) is 0 Å². The summed E-state index contributed by atoms with van der Waals surface area (Å²) in [7, 11) is -2.20. The maximum absolute atomic E-state index is 13.2. The minimum absolute atomic E-state index is 0.215. The van der Waals surface area contributed by atoms with Crippen molar-refractivity contribution in [3.63, 3.8) is 0 Å². The molecule has 0 heterocycles. The highest BCUT2D eigenvalue weighted by atomic mass is 35.5. The molecule has 0 radical (unpaired) electrons. The topological polar surface area (TPSA) is 105 Å². The molecule has 2 aromatic rings. The van der Waals surface area contributed by atoms with Crippen molar-refractivity contribution in [3.8, 4) is 0 Å². The van der Waals surface area contributed by atoms with Crippen molar-refractivity contribution in [3.05, 3.63) is 59.1 Å². The third kappa shape index (κ3) is 6.94. The summed E-state index contributed by atoms with van der Waals surface area (Å²) in [5.41, 5.74) is 0.901. The van der Waals surface area contributed by atoms with Crippen molar-refractivity contribution in [1.29, 1.82) is 0 Å². The number of ether oxygens (including phenoxy) is 1. The van der Waals surface area contributed by atoms with Crippen LogP contribution in [0.25, 0.3) is 0 Å². The van der Waals surface area contributed by atoms with Crippen LogP contribution in [-0.4, -0.2) is 52.8 Å². The molecule has 0 saturated carbocycles. The molecule has 2 N–H and O–H groups in total. The smallest absolute Gasteiger partial charge is 0.253 e. The molecule has 174 valence electrons. The fourth-order valence-electron chi connectivity index (χ4n) is 3.17. The zero-order valence-corrected chi connectivity index (χ0v) is 19.9. The second kappa shape index (κ2) is 11.8. The van der Waals surface area contributed by atoms with Crippen molar-refractivity contribution in [2.24, 2.45) is 0 Å². The molecule has 10 heteroatoms. The van der Waals surface area contributed by atoms with Gasteiger partial charge in [-0.15, -0.1) is 0 Å². The summed E-state index contributed by atoms with van der Waals surface area (Å²) in [5, 5.41) is 5.95. The Labute approximate surface area is 193 Å². The number of benzene rings is 2. The Morgan fingerprint density at radius 2 is 1.78 bits per heavy atom. The van der Waals surface area contributed by atoms with E-state index in [2.05, 4.69) is 10.6 Å². The predicted molar refractivity (Wildman–Crippen MR) is 127 cm³/mol. The number of para-hydroxylation sites is 1. The van der Waals surface area contributed by atoms with Crippen LogP contribution in [-0.2, 0) is 19.6 Å². The first-order valence-electron chi connectivity index (χ1n) is 10.1. The van der Waals surface area contributed by atoms with Gasteiger partial charge in [0.2, 0.25) is 15.9 Å². The van der Waals surface area contributed by atoms with Crippen LogP contribution >= 0.6 is 11.6 Å². The molecule has 2 rings (SSSR count). The maximum Gasteiger partial charge on any atom is 0.253 e. The number of amides is 2. The average Bonchev–Trinajstić information content (AvgIpc) is 2.75. The highest BCUT2D eigenvalue weighted by molar-refractivity contribution is 7.92. The van der Waals surface area contributed by atoms with Crippen LogP contribution in [0, 0.1) is 0 Å². The van der Waals surface area contributed by atoms with Gasteiger partial charge < -0.3 is 15.4 Å². The normalized spacial score (nSPS) is 12.1. The minimum Gasteiger partial charge on any atom is -0.385 e. The molecule has 0 aliphatic rings. The summed E-state index contributed by atoms with van der Waals surface area (Å²) in [4.78, 5) is 25.7. The molecule has 0 bridgehead atoms. The Morgan fingerprint density at radius 1 is 1.12 bits per heavy atom. The van der Waals surface area contributed by atoms with Crippen LogP contribution in [0.4, 0.5) is 11.4 Å². The number of hydrogen-bond donors (Lipinski definition) is 2. The van der Waals surface area contributed by atoms with E-state index in [1.54, 1.807) is 62.6 Å². The number of hydrogen-bond acceptors (Lipinski definition) is 5. The Hall–Kier alpha value is -2.62. The lowest BCUT2D eigenvalue weighted by Crippen LogP contribution is -2.47. The molecule has 8 nitrogen and oxygen atoms in total. The molecule has 1 atom stereocenters. The van der Waals surface area contributed by atoms with Gasteiger partial charge >= 0.3 is 0 Å². The van der Waals surface area contributed by atoms with E-state index >= 15 is 0 Å². The Morgan fingerprint density at radius 3 is 2.38 bits per heavy atom. The molecule has 2 amide bonds. The minimum atomic E-state index is -3.79. The molecule has 0 fully saturated rings. The van der Waals surface area contributed by atoms with Gasteiger partial charge in [-0.1, -0.05) is 30.7 Å². The highest BCUT2D eigenvalue weighted by Gasteiger charge is 2.32. The van der Waals surface area contributed by atoms with E-state index in [1.807, 2.05) is 0 Å². The van der Waals surface area contributed by atoms with Gasteiger partial charge in [-0.3, -0.25) is 13.9 Å². The summed E-state index contributed by atoms with van der Waals surface area (Å²) in [6.45, 7) is 2.65. The number of carbonyl (C=O) groups excluding carboxylic acids is 2. The second-order valence-corrected chi connectivity index (χ2v) is 9.39. The largest absolute Gasteiger partial charge is 0.385 e. The van der Waals surface area contributed by atoms with Gasteiger partial charge in [0, 0.05) is 25.3 Å². The van der Waals surface area contributed by atoms with E-state index in [-0.39, 0.29) is 17.9 Å². The number of sulfonamides is 1. The third-order valence-corrected chi connectivity index (χ3v) is 6.08. The first-order chi connectivity index (χ1) is 15.2. The summed E-state index contributed by atoms with van der Waals surface area (Å²) in [6, 6.07) is 11.7. The van der Waals surface area contributed by atoms with E-state index in [9.17, 15) is 18.0 Å². The fourth-order valence-corrected chi connectivity index (χ4v) is 4.51. The standard InChI is InChI=1S/C22H28ClN3O5S/c1-4-20(26(32(3,29)30)17-12-10-16(23)11-13-17)22(28)25-19-9-6-5-8-18(19)21(27)24-14-7-15-31-2/h5-6,8-13,20H,4,7,14-15H2,1-3H3,(H,24,27)(H,25,28). The zero-order chi connectivity index (χ0) is 23.7. The average molecular weight is 482 g/mol. The number of rotatable bonds is 11. The van der Waals surface area contributed by atoms with E-state index in [0.717, 1.165) is 10.6 Å². The molecule has 1 unspecified atom stereocenters. The van der Waals surface area contributed by atoms with Crippen LogP contribution < -0.4 is 14.9 Å². The molecule has 0 spiro atoms. The van der Waals surface area contributed by atoms with E-state index in [0.29, 0.717) is 36.0 Å². The number of nitrogens with zero attached hydrogens (tertiary/aromatic N) is 1. The van der Waals surface area contributed by atoms with Crippen LogP contribution in [0.3, 0.4) is 0 Å². The number of anilines is 2. The van der Waals surface area contributed by atoms with Crippen molar-refractivity contribution in [1.82, 2.24) is 5.32 Å². The SMILES string of the molecule is CCC(C(=O)Nc1ccccc1C(=O)NCCCOC)N(c1ccc(Cl)cc1)S(C)(=O)=O. The zero-order valence-electron chi connectivity index (χ0n) is 18.3. The number of methoxy groups -OCH3 is 1. The van der Waals surface area contributed by atoms with Crippen molar-refractivity contribution in [2.45, 2.75) is 25.8 Å². The Balaban J connectivity index is 2.27. The second-order valence-electron chi connectivity index (χ2n) is 7.10. The Bertz CT molecular complexity index is 1030. The molecule has 0 saturated heterocycles. The summed E-state index contributed by atoms with van der Waals surface area (Å²) in [5.74, 6) is -0.893. The number of carbonyl (C=O) groups is 2. The van der Waals surface area contributed by atoms with Gasteiger partial charge in [0.15, 0.2) is 0 Å². The van der Waals surface area contributed by atoms with Gasteiger partial charge in [-0.05, 0) is 49.2 Å². The predicted octanol–water partition coefficient (Wildman–Crippen LogP) is 3.29. The van der Waals surface area contributed by atoms with Crippen molar-refractivity contribution in [2.75, 3.05) is 36.1 Å². The maximum atomic E-state index is 13.2. The van der Waals surface area contributed by atoms with Crippen molar-refractivity contribution >= 4 is 44.8 Å². The van der Waals surface area contributed by atoms with Crippen molar-refractivity contribution < 1.29 is 22.7 Å². The molecule has 0 aliphatic carbocycles. The van der Waals surface area contributed by atoms with Crippen LogP contribution in [0.5, 0.6) is 0 Å². The number of halogens is 1. The Kier molecular flexibility index (Phi) is 9.49. The molecule has 0 aliphatic heterocycles. The fraction of sp³-hybridized carbons (Fsp3) is 0.364. The lowest BCUT2D eigenvalue weighted by atomic mass is 10.1. The van der Waals surface area contributed by atoms with E-state index in [1.165, 1.54) is 0 Å². The summed E-state index contributed by atoms with van der Waals surface area (Å²) in [6.07, 6.45) is 1.91. The van der Waals surface area contributed by atoms with E-state index < -0.39 is 22.0 Å². The highest BCUT2D eigenvalue weighted by Crippen LogP contribution is 2.25. The third-order valence-electron chi connectivity index (χ3n) is 4.65. The van der Waals surface area contributed by atoms with Crippen LogP contribution in [0.15, 0.2) is 48.5 Å². The first-order valence-corrected chi connectivity index (χ1v) is 12.3. The first kappa shape index (κ1) is 25.6. The van der Waals surface area contributed by atoms with Gasteiger partial charge in [-0.25, -0.2) is 8.42 Å².